The van der Waals surface area contributed by atoms with Crippen LogP contribution in [0.5, 0.6) is 0 Å². The van der Waals surface area contributed by atoms with E-state index in [-0.39, 0.29) is 5.91 Å². The molecule has 1 fully saturated rings. The number of fused-ring (bicyclic) bond motifs is 2. The Morgan fingerprint density at radius 2 is 1.63 bits per heavy atom. The third-order valence-electron chi connectivity index (χ3n) is 7.90. The molecule has 3 heterocycles. The number of nitrogens with zero attached hydrogens (tertiary/aromatic N) is 5. The molecule has 0 saturated carbocycles. The summed E-state index contributed by atoms with van der Waals surface area (Å²) in [6.07, 6.45) is 0.558. The van der Waals surface area contributed by atoms with Gasteiger partial charge >= 0.3 is 0 Å². The van der Waals surface area contributed by atoms with Gasteiger partial charge in [0.15, 0.2) is 0 Å². The summed E-state index contributed by atoms with van der Waals surface area (Å²) < 4.78 is 5.87. The lowest BCUT2D eigenvalue weighted by atomic mass is 10.0. The molecule has 7 rings (SSSR count). The van der Waals surface area contributed by atoms with Crippen molar-refractivity contribution in [1.29, 1.82) is 0 Å². The van der Waals surface area contributed by atoms with Gasteiger partial charge in [0.05, 0.1) is 10.6 Å². The average Bonchev–Trinajstić information content (AvgIpc) is 3.45. The summed E-state index contributed by atoms with van der Waals surface area (Å²) in [7, 11) is 0. The second kappa shape index (κ2) is 11.3. The Kier molecular flexibility index (Phi) is 7.21. The fraction of sp³-hybridized carbons (Fsp3) is 0.176. The molecule has 4 aromatic carbocycles. The third kappa shape index (κ3) is 5.42. The number of carbonyl (C=O) groups excluding carboxylic acids is 1. The molecule has 6 aromatic rings. The van der Waals surface area contributed by atoms with Crippen LogP contribution in [0, 0.1) is 6.92 Å². The van der Waals surface area contributed by atoms with Crippen LogP contribution in [-0.4, -0.2) is 52.1 Å². The maximum atomic E-state index is 13.3. The maximum Gasteiger partial charge on any atom is 0.263 e. The minimum Gasteiger partial charge on any atom is -0.352 e. The van der Waals surface area contributed by atoms with Crippen molar-refractivity contribution in [1.82, 2.24) is 20.0 Å². The van der Waals surface area contributed by atoms with Gasteiger partial charge in [0.25, 0.3) is 11.6 Å². The topological polar surface area (TPSA) is 75.4 Å². The molecule has 1 amide bonds. The number of rotatable bonds is 5. The molecule has 0 atom stereocenters. The van der Waals surface area contributed by atoms with E-state index >= 15 is 0 Å². The predicted octanol–water partition coefficient (Wildman–Crippen LogP) is 7.61. The van der Waals surface area contributed by atoms with Gasteiger partial charge in [0, 0.05) is 43.2 Å². The van der Waals surface area contributed by atoms with Gasteiger partial charge in [-0.05, 0) is 47.5 Å². The molecule has 214 valence electrons. The van der Waals surface area contributed by atoms with Gasteiger partial charge in [-0.3, -0.25) is 4.79 Å². The van der Waals surface area contributed by atoms with Crippen LogP contribution >= 0.6 is 23.2 Å². The number of aromatic nitrogens is 3. The summed E-state index contributed by atoms with van der Waals surface area (Å²) in [5.74, 6) is 1.29. The van der Waals surface area contributed by atoms with E-state index in [0.29, 0.717) is 65.4 Å². The first-order valence-corrected chi connectivity index (χ1v) is 14.9. The first-order valence-electron chi connectivity index (χ1n) is 14.1. The number of benzene rings is 4. The first kappa shape index (κ1) is 27.4. The fourth-order valence-electron chi connectivity index (χ4n) is 5.56. The van der Waals surface area contributed by atoms with Crippen molar-refractivity contribution in [3.8, 4) is 11.3 Å². The van der Waals surface area contributed by atoms with Crippen molar-refractivity contribution in [2.24, 2.45) is 0 Å². The molecule has 1 aliphatic rings. The van der Waals surface area contributed by atoms with Gasteiger partial charge in [-0.1, -0.05) is 94.6 Å². The second-order valence-electron chi connectivity index (χ2n) is 10.8. The summed E-state index contributed by atoms with van der Waals surface area (Å²) in [5, 5.41) is 8.37. The molecule has 2 aromatic heterocycles. The smallest absolute Gasteiger partial charge is 0.263 e. The zero-order valence-electron chi connectivity index (χ0n) is 23.4. The molecular formula is C34H27Cl2N5O2. The molecule has 0 bridgehead atoms. The molecule has 43 heavy (non-hydrogen) atoms. The van der Waals surface area contributed by atoms with Crippen LogP contribution in [0.3, 0.4) is 0 Å². The molecule has 9 heteroatoms. The number of halogens is 2. The van der Waals surface area contributed by atoms with Crippen LogP contribution < -0.4 is 4.90 Å². The lowest BCUT2D eigenvalue weighted by molar-refractivity contribution is 0.0746. The van der Waals surface area contributed by atoms with E-state index in [2.05, 4.69) is 71.6 Å². The van der Waals surface area contributed by atoms with Crippen LogP contribution in [-0.2, 0) is 6.42 Å². The van der Waals surface area contributed by atoms with Gasteiger partial charge in [-0.15, -0.1) is 0 Å². The van der Waals surface area contributed by atoms with Gasteiger partial charge in [0.2, 0.25) is 0 Å². The Bertz CT molecular complexity index is 1980. The molecular weight excluding hydrogens is 581 g/mol. The highest BCUT2D eigenvalue weighted by Gasteiger charge is 2.28. The SMILES string of the molecule is Cc1ccc(Cc2nc(N3CCN(C(=O)c4ccc(Cl)cc4Cl)CC3)c3c(-c4ccc5ccccc5c4)noc3n2)cc1. The molecule has 0 spiro atoms. The van der Waals surface area contributed by atoms with Crippen molar-refractivity contribution in [3.63, 3.8) is 0 Å². The summed E-state index contributed by atoms with van der Waals surface area (Å²) >= 11 is 12.4. The van der Waals surface area contributed by atoms with Gasteiger partial charge < -0.3 is 14.3 Å². The zero-order valence-corrected chi connectivity index (χ0v) is 24.9. The highest BCUT2D eigenvalue weighted by atomic mass is 35.5. The maximum absolute atomic E-state index is 13.3. The largest absolute Gasteiger partial charge is 0.352 e. The molecule has 7 nitrogen and oxygen atoms in total. The van der Waals surface area contributed by atoms with Crippen LogP contribution in [0.1, 0.15) is 27.3 Å². The van der Waals surface area contributed by atoms with Gasteiger partial charge in [-0.2, -0.15) is 4.98 Å². The Morgan fingerprint density at radius 3 is 2.40 bits per heavy atom. The molecule has 0 aliphatic carbocycles. The van der Waals surface area contributed by atoms with Crippen LogP contribution in [0.4, 0.5) is 5.82 Å². The van der Waals surface area contributed by atoms with Crippen molar-refractivity contribution in [3.05, 3.63) is 117 Å². The van der Waals surface area contributed by atoms with Crippen LogP contribution in [0.25, 0.3) is 33.1 Å². The Morgan fingerprint density at radius 1 is 0.860 bits per heavy atom. The Balaban J connectivity index is 1.25. The highest BCUT2D eigenvalue weighted by molar-refractivity contribution is 6.36. The first-order chi connectivity index (χ1) is 20.9. The van der Waals surface area contributed by atoms with E-state index in [9.17, 15) is 4.79 Å². The van der Waals surface area contributed by atoms with Crippen LogP contribution in [0.2, 0.25) is 10.0 Å². The fourth-order valence-corrected chi connectivity index (χ4v) is 6.05. The lowest BCUT2D eigenvalue weighted by Gasteiger charge is -2.36. The molecule has 1 saturated heterocycles. The highest BCUT2D eigenvalue weighted by Crippen LogP contribution is 2.36. The van der Waals surface area contributed by atoms with E-state index in [1.165, 1.54) is 5.56 Å². The van der Waals surface area contributed by atoms with Crippen molar-refractivity contribution in [2.45, 2.75) is 13.3 Å². The van der Waals surface area contributed by atoms with E-state index in [4.69, 9.17) is 37.7 Å². The standard InChI is InChI=1S/C34H27Cl2N5O2/c1-21-6-8-22(9-7-21)18-29-37-32(40-14-16-41(17-15-40)34(42)27-13-12-26(35)20-28(27)36)30-31(39-43-33(30)38-29)25-11-10-23-4-2-3-5-24(23)19-25/h2-13,19-20H,14-18H2,1H3. The number of aryl methyl sites for hydroxylation is 1. The Labute approximate surface area is 258 Å². The zero-order chi connectivity index (χ0) is 29.5. The summed E-state index contributed by atoms with van der Waals surface area (Å²) in [4.78, 5) is 27.2. The minimum absolute atomic E-state index is 0.115. The third-order valence-corrected chi connectivity index (χ3v) is 8.44. The van der Waals surface area contributed by atoms with Gasteiger partial charge in [-0.25, -0.2) is 4.98 Å². The second-order valence-corrected chi connectivity index (χ2v) is 11.6. The predicted molar refractivity (Wildman–Crippen MR) is 171 cm³/mol. The number of hydrogen-bond donors (Lipinski definition) is 0. The summed E-state index contributed by atoms with van der Waals surface area (Å²) in [6, 6.07) is 27.8. The number of anilines is 1. The van der Waals surface area contributed by atoms with Crippen LogP contribution in [0.15, 0.2) is 89.5 Å². The molecule has 0 N–H and O–H groups in total. The van der Waals surface area contributed by atoms with E-state index < -0.39 is 0 Å². The summed E-state index contributed by atoms with van der Waals surface area (Å²) in [5.41, 5.74) is 4.83. The number of hydrogen-bond acceptors (Lipinski definition) is 6. The Hall–Kier alpha value is -4.46. The quantitative estimate of drug-likeness (QED) is 0.201. The van der Waals surface area contributed by atoms with Crippen molar-refractivity contribution in [2.75, 3.05) is 31.1 Å². The number of carbonyl (C=O) groups is 1. The monoisotopic (exact) mass is 607 g/mol. The lowest BCUT2D eigenvalue weighted by Crippen LogP contribution is -2.49. The minimum atomic E-state index is -0.115. The van der Waals surface area contributed by atoms with E-state index in [1.54, 1.807) is 18.2 Å². The molecule has 0 radical (unpaired) electrons. The normalized spacial score (nSPS) is 13.7. The van der Waals surface area contributed by atoms with Gasteiger partial charge in [0.1, 0.15) is 22.7 Å². The average molecular weight is 609 g/mol. The van der Waals surface area contributed by atoms with E-state index in [1.807, 2.05) is 17.0 Å². The van der Waals surface area contributed by atoms with E-state index in [0.717, 1.165) is 33.1 Å². The molecule has 1 aliphatic heterocycles. The number of amides is 1. The molecule has 0 unspecified atom stereocenters. The van der Waals surface area contributed by atoms with Crippen molar-refractivity contribution < 1.29 is 9.32 Å². The number of piperazine rings is 1. The summed E-state index contributed by atoms with van der Waals surface area (Å²) in [6.45, 7) is 4.24. The van der Waals surface area contributed by atoms with Crippen molar-refractivity contribution >= 4 is 56.8 Å².